The van der Waals surface area contributed by atoms with Crippen LogP contribution in [0.4, 0.5) is 0 Å². The molecule has 0 bridgehead atoms. The second kappa shape index (κ2) is 5.89. The minimum atomic E-state index is 0.385. The lowest BCUT2D eigenvalue weighted by Crippen LogP contribution is -2.19. The summed E-state index contributed by atoms with van der Waals surface area (Å²) in [6.45, 7) is 5.15. The maximum Gasteiger partial charge on any atom is 0.0329 e. The molecule has 84 valence electrons. The van der Waals surface area contributed by atoms with Crippen molar-refractivity contribution in [2.45, 2.75) is 32.2 Å². The summed E-state index contributed by atoms with van der Waals surface area (Å²) in [6.07, 6.45) is 0.984. The van der Waals surface area contributed by atoms with E-state index >= 15 is 0 Å². The summed E-state index contributed by atoms with van der Waals surface area (Å²) in [5.41, 5.74) is 8.30. The first-order valence-electron chi connectivity index (χ1n) is 5.66. The van der Waals surface area contributed by atoms with Crippen molar-refractivity contribution in [1.29, 1.82) is 0 Å². The van der Waals surface area contributed by atoms with E-state index in [0.717, 1.165) is 13.0 Å². The molecule has 2 nitrogen and oxygen atoms in total. The second-order valence-corrected chi connectivity index (χ2v) is 4.24. The topological polar surface area (TPSA) is 38.0 Å². The molecule has 3 N–H and O–H groups in total. The predicted octanol–water partition coefficient (Wildman–Crippen LogP) is 2.42. The van der Waals surface area contributed by atoms with Gasteiger partial charge in [-0.05, 0) is 37.1 Å². The number of rotatable bonds is 5. The summed E-state index contributed by atoms with van der Waals surface area (Å²) in [7, 11) is 1.98. The van der Waals surface area contributed by atoms with E-state index < -0.39 is 0 Å². The van der Waals surface area contributed by atoms with Gasteiger partial charge in [-0.25, -0.2) is 0 Å². The van der Waals surface area contributed by atoms with Crippen LogP contribution in [0.2, 0.25) is 0 Å². The summed E-state index contributed by atoms with van der Waals surface area (Å²) in [6, 6.07) is 9.20. The van der Waals surface area contributed by atoms with Crippen LogP contribution < -0.4 is 11.1 Å². The van der Waals surface area contributed by atoms with E-state index in [2.05, 4.69) is 43.4 Å². The molecule has 0 fully saturated rings. The SMILES string of the molecule is CNC(CCN)c1ccc(C(C)C)cc1. The van der Waals surface area contributed by atoms with Gasteiger partial charge in [-0.1, -0.05) is 38.1 Å². The highest BCUT2D eigenvalue weighted by Crippen LogP contribution is 2.20. The first-order valence-corrected chi connectivity index (χ1v) is 5.66. The van der Waals surface area contributed by atoms with E-state index in [4.69, 9.17) is 5.73 Å². The average Bonchev–Trinajstić information content (AvgIpc) is 2.26. The maximum absolute atomic E-state index is 5.58. The molecule has 0 heterocycles. The van der Waals surface area contributed by atoms with Gasteiger partial charge in [0.25, 0.3) is 0 Å². The van der Waals surface area contributed by atoms with Crippen LogP contribution in [0.1, 0.15) is 43.4 Å². The highest BCUT2D eigenvalue weighted by Gasteiger charge is 2.08. The Hall–Kier alpha value is -0.860. The summed E-state index contributed by atoms with van der Waals surface area (Å²) in [4.78, 5) is 0. The van der Waals surface area contributed by atoms with Crippen LogP contribution in [-0.4, -0.2) is 13.6 Å². The van der Waals surface area contributed by atoms with Gasteiger partial charge in [-0.15, -0.1) is 0 Å². The Morgan fingerprint density at radius 3 is 2.07 bits per heavy atom. The van der Waals surface area contributed by atoms with Gasteiger partial charge in [-0.2, -0.15) is 0 Å². The molecule has 1 unspecified atom stereocenters. The van der Waals surface area contributed by atoms with Crippen LogP contribution in [0.3, 0.4) is 0 Å². The molecule has 1 aromatic rings. The third-order valence-corrected chi connectivity index (χ3v) is 2.81. The van der Waals surface area contributed by atoms with Gasteiger partial charge < -0.3 is 11.1 Å². The van der Waals surface area contributed by atoms with Gasteiger partial charge in [0, 0.05) is 6.04 Å². The molecule has 0 saturated carbocycles. The smallest absolute Gasteiger partial charge is 0.0329 e. The number of nitrogens with one attached hydrogen (secondary N) is 1. The lowest BCUT2D eigenvalue weighted by atomic mass is 9.98. The Morgan fingerprint density at radius 2 is 1.67 bits per heavy atom. The molecule has 0 saturated heterocycles. The van der Waals surface area contributed by atoms with E-state index in [0.29, 0.717) is 12.0 Å². The molecule has 2 heteroatoms. The lowest BCUT2D eigenvalue weighted by Gasteiger charge is -2.16. The number of hydrogen-bond donors (Lipinski definition) is 2. The molecule has 1 atom stereocenters. The van der Waals surface area contributed by atoms with Crippen molar-refractivity contribution < 1.29 is 0 Å². The van der Waals surface area contributed by atoms with Gasteiger partial charge in [0.05, 0.1) is 0 Å². The first kappa shape index (κ1) is 12.2. The van der Waals surface area contributed by atoms with Crippen molar-refractivity contribution in [3.8, 4) is 0 Å². The predicted molar refractivity (Wildman–Crippen MR) is 66.0 cm³/mol. The molecule has 1 aromatic carbocycles. The van der Waals surface area contributed by atoms with Crippen LogP contribution in [0.15, 0.2) is 24.3 Å². The maximum atomic E-state index is 5.58. The van der Waals surface area contributed by atoms with E-state index in [9.17, 15) is 0 Å². The average molecular weight is 206 g/mol. The van der Waals surface area contributed by atoms with Crippen molar-refractivity contribution in [2.24, 2.45) is 5.73 Å². The molecule has 0 aliphatic heterocycles. The van der Waals surface area contributed by atoms with Crippen LogP contribution in [-0.2, 0) is 0 Å². The van der Waals surface area contributed by atoms with Crippen LogP contribution in [0.25, 0.3) is 0 Å². The van der Waals surface area contributed by atoms with E-state index in [-0.39, 0.29) is 0 Å². The molecule has 1 rings (SSSR count). The number of benzene rings is 1. The molecule has 0 spiro atoms. The van der Waals surface area contributed by atoms with Crippen molar-refractivity contribution in [2.75, 3.05) is 13.6 Å². The zero-order valence-electron chi connectivity index (χ0n) is 9.96. The van der Waals surface area contributed by atoms with Crippen molar-refractivity contribution in [3.05, 3.63) is 35.4 Å². The molecule has 0 aliphatic rings. The standard InChI is InChI=1S/C13H22N2/c1-10(2)11-4-6-12(7-5-11)13(15-3)8-9-14/h4-7,10,13,15H,8-9,14H2,1-3H3. The Labute approximate surface area is 92.9 Å². The number of nitrogens with two attached hydrogens (primary N) is 1. The Bertz CT molecular complexity index is 277. The van der Waals surface area contributed by atoms with E-state index in [1.54, 1.807) is 0 Å². The highest BCUT2D eigenvalue weighted by atomic mass is 14.9. The van der Waals surface area contributed by atoms with Crippen molar-refractivity contribution in [1.82, 2.24) is 5.32 Å². The van der Waals surface area contributed by atoms with Crippen LogP contribution in [0.5, 0.6) is 0 Å². The molecular formula is C13H22N2. The van der Waals surface area contributed by atoms with Gasteiger partial charge in [0.15, 0.2) is 0 Å². The zero-order valence-corrected chi connectivity index (χ0v) is 9.96. The van der Waals surface area contributed by atoms with Gasteiger partial charge in [0.2, 0.25) is 0 Å². The quantitative estimate of drug-likeness (QED) is 0.776. The fourth-order valence-electron chi connectivity index (χ4n) is 1.76. The minimum absolute atomic E-state index is 0.385. The monoisotopic (exact) mass is 206 g/mol. The van der Waals surface area contributed by atoms with E-state index in [1.807, 2.05) is 7.05 Å². The van der Waals surface area contributed by atoms with E-state index in [1.165, 1.54) is 11.1 Å². The fraction of sp³-hybridized carbons (Fsp3) is 0.538. The van der Waals surface area contributed by atoms with Gasteiger partial charge in [0.1, 0.15) is 0 Å². The summed E-state index contributed by atoms with van der Waals surface area (Å²) in [5.74, 6) is 0.599. The van der Waals surface area contributed by atoms with Gasteiger partial charge >= 0.3 is 0 Å². The van der Waals surface area contributed by atoms with Crippen molar-refractivity contribution >= 4 is 0 Å². The lowest BCUT2D eigenvalue weighted by molar-refractivity contribution is 0.556. The fourth-order valence-corrected chi connectivity index (χ4v) is 1.76. The third kappa shape index (κ3) is 3.33. The Kier molecular flexibility index (Phi) is 4.79. The zero-order chi connectivity index (χ0) is 11.3. The molecule has 15 heavy (non-hydrogen) atoms. The summed E-state index contributed by atoms with van der Waals surface area (Å²) in [5, 5.41) is 3.29. The minimum Gasteiger partial charge on any atom is -0.330 e. The molecule has 0 aromatic heterocycles. The summed E-state index contributed by atoms with van der Waals surface area (Å²) >= 11 is 0. The second-order valence-electron chi connectivity index (χ2n) is 4.24. The largest absolute Gasteiger partial charge is 0.330 e. The molecule has 0 radical (unpaired) electrons. The highest BCUT2D eigenvalue weighted by molar-refractivity contribution is 5.26. The first-order chi connectivity index (χ1) is 7.19. The van der Waals surface area contributed by atoms with Crippen molar-refractivity contribution in [3.63, 3.8) is 0 Å². The Balaban J connectivity index is 2.77. The molecule has 0 amide bonds. The van der Waals surface area contributed by atoms with Gasteiger partial charge in [-0.3, -0.25) is 0 Å². The molecule has 0 aliphatic carbocycles. The third-order valence-electron chi connectivity index (χ3n) is 2.81. The Morgan fingerprint density at radius 1 is 1.13 bits per heavy atom. The van der Waals surface area contributed by atoms with Crippen LogP contribution >= 0.6 is 0 Å². The molecular weight excluding hydrogens is 184 g/mol. The normalized spacial score (nSPS) is 13.1. The van der Waals surface area contributed by atoms with Crippen LogP contribution in [0, 0.1) is 0 Å². The summed E-state index contributed by atoms with van der Waals surface area (Å²) < 4.78 is 0. The number of hydrogen-bond acceptors (Lipinski definition) is 2.